The number of rotatable bonds is 6. The van der Waals surface area contributed by atoms with Crippen molar-refractivity contribution in [2.75, 3.05) is 5.32 Å². The lowest BCUT2D eigenvalue weighted by Crippen LogP contribution is -2.29. The number of anilines is 1. The molecule has 0 spiro atoms. The van der Waals surface area contributed by atoms with Crippen LogP contribution in [-0.4, -0.2) is 22.8 Å². The van der Waals surface area contributed by atoms with E-state index < -0.39 is 11.9 Å². The first-order valence-electron chi connectivity index (χ1n) is 6.46. The Balaban J connectivity index is 2.77. The fraction of sp³-hybridized carbons (Fsp3) is 0.400. The standard InChI is InChI=1S/C15H19NO4/c1-9(2)8-13(10(3)17)14(18)16-12-6-4-11(5-7-12)15(19)20/h4-7,9,13H,8H2,1-3H3,(H,16,18)(H,19,20). The quantitative estimate of drug-likeness (QED) is 0.783. The van der Waals surface area contributed by atoms with Crippen molar-refractivity contribution in [3.05, 3.63) is 29.8 Å². The second-order valence-corrected chi connectivity index (χ2v) is 5.16. The zero-order chi connectivity index (χ0) is 15.3. The van der Waals surface area contributed by atoms with Crippen molar-refractivity contribution >= 4 is 23.3 Å². The van der Waals surface area contributed by atoms with Crippen molar-refractivity contribution in [2.24, 2.45) is 11.8 Å². The van der Waals surface area contributed by atoms with Crippen LogP contribution in [0, 0.1) is 11.8 Å². The predicted molar refractivity (Wildman–Crippen MR) is 75.7 cm³/mol. The molecule has 0 bridgehead atoms. The summed E-state index contributed by atoms with van der Waals surface area (Å²) in [6.45, 7) is 5.30. The molecule has 5 nitrogen and oxygen atoms in total. The minimum atomic E-state index is -1.02. The van der Waals surface area contributed by atoms with Gasteiger partial charge in [0.1, 0.15) is 5.78 Å². The third kappa shape index (κ3) is 4.50. The van der Waals surface area contributed by atoms with Gasteiger partial charge >= 0.3 is 5.97 Å². The molecule has 0 aliphatic heterocycles. The zero-order valence-corrected chi connectivity index (χ0v) is 11.8. The molecule has 1 amide bonds. The Hall–Kier alpha value is -2.17. The number of Topliss-reactive ketones (excluding diaryl/α,β-unsaturated/α-hetero) is 1. The molecule has 2 N–H and O–H groups in total. The van der Waals surface area contributed by atoms with Gasteiger partial charge in [-0.2, -0.15) is 0 Å². The fourth-order valence-corrected chi connectivity index (χ4v) is 1.85. The van der Waals surface area contributed by atoms with Crippen LogP contribution in [0.3, 0.4) is 0 Å². The highest BCUT2D eigenvalue weighted by atomic mass is 16.4. The van der Waals surface area contributed by atoms with Crippen molar-refractivity contribution in [1.82, 2.24) is 0 Å². The maximum absolute atomic E-state index is 12.1. The number of nitrogens with one attached hydrogen (secondary N) is 1. The number of carboxylic acids is 1. The number of carbonyl (C=O) groups is 3. The van der Waals surface area contributed by atoms with Crippen LogP contribution >= 0.6 is 0 Å². The summed E-state index contributed by atoms with van der Waals surface area (Å²) in [5.74, 6) is -1.98. The van der Waals surface area contributed by atoms with Gasteiger partial charge in [0, 0.05) is 5.69 Å². The Bertz CT molecular complexity index is 505. The normalized spacial score (nSPS) is 12.0. The molecule has 5 heteroatoms. The molecule has 1 aromatic carbocycles. The first-order valence-corrected chi connectivity index (χ1v) is 6.46. The topological polar surface area (TPSA) is 83.5 Å². The van der Waals surface area contributed by atoms with Crippen LogP contribution in [0.4, 0.5) is 5.69 Å². The molecule has 0 fully saturated rings. The van der Waals surface area contributed by atoms with E-state index in [2.05, 4.69) is 5.32 Å². The minimum absolute atomic E-state index is 0.147. The van der Waals surface area contributed by atoms with Crippen molar-refractivity contribution < 1.29 is 19.5 Å². The van der Waals surface area contributed by atoms with E-state index in [0.717, 1.165) is 0 Å². The molecule has 0 saturated heterocycles. The highest BCUT2D eigenvalue weighted by Crippen LogP contribution is 2.16. The lowest BCUT2D eigenvalue weighted by atomic mass is 9.93. The summed E-state index contributed by atoms with van der Waals surface area (Å²) in [4.78, 5) is 34.3. The molecule has 1 unspecified atom stereocenters. The van der Waals surface area contributed by atoms with Crippen LogP contribution in [0.1, 0.15) is 37.6 Å². The van der Waals surface area contributed by atoms with Gasteiger partial charge in [-0.25, -0.2) is 4.79 Å². The number of hydrogen-bond donors (Lipinski definition) is 2. The van der Waals surface area contributed by atoms with Gasteiger partial charge in [0.25, 0.3) is 0 Å². The Morgan fingerprint density at radius 1 is 1.15 bits per heavy atom. The van der Waals surface area contributed by atoms with Gasteiger partial charge in [0.15, 0.2) is 0 Å². The van der Waals surface area contributed by atoms with E-state index in [9.17, 15) is 14.4 Å². The fourth-order valence-electron chi connectivity index (χ4n) is 1.85. The summed E-state index contributed by atoms with van der Waals surface area (Å²) < 4.78 is 0. The van der Waals surface area contributed by atoms with Crippen LogP contribution in [0.15, 0.2) is 24.3 Å². The second kappa shape index (κ2) is 6.84. The molecule has 108 valence electrons. The van der Waals surface area contributed by atoms with E-state index in [4.69, 9.17) is 5.11 Å². The van der Waals surface area contributed by atoms with Crippen molar-refractivity contribution in [2.45, 2.75) is 27.2 Å². The molecular formula is C15H19NO4. The lowest BCUT2D eigenvalue weighted by Gasteiger charge is -2.16. The molecule has 0 aliphatic rings. The van der Waals surface area contributed by atoms with Crippen molar-refractivity contribution in [3.63, 3.8) is 0 Å². The van der Waals surface area contributed by atoms with Gasteiger partial charge in [-0.1, -0.05) is 13.8 Å². The third-order valence-corrected chi connectivity index (χ3v) is 2.91. The largest absolute Gasteiger partial charge is 0.478 e. The summed E-state index contributed by atoms with van der Waals surface area (Å²) in [5, 5.41) is 11.4. The van der Waals surface area contributed by atoms with Gasteiger partial charge in [-0.15, -0.1) is 0 Å². The summed E-state index contributed by atoms with van der Waals surface area (Å²) in [5.41, 5.74) is 0.628. The number of benzene rings is 1. The highest BCUT2D eigenvalue weighted by molar-refractivity contribution is 6.06. The summed E-state index contributed by atoms with van der Waals surface area (Å²) in [6, 6.07) is 5.83. The van der Waals surface area contributed by atoms with E-state index in [1.807, 2.05) is 13.8 Å². The molecule has 20 heavy (non-hydrogen) atoms. The minimum Gasteiger partial charge on any atom is -0.478 e. The van der Waals surface area contributed by atoms with Crippen LogP contribution < -0.4 is 5.32 Å². The zero-order valence-electron chi connectivity index (χ0n) is 11.8. The van der Waals surface area contributed by atoms with Crippen LogP contribution in [0.5, 0.6) is 0 Å². The lowest BCUT2D eigenvalue weighted by molar-refractivity contribution is -0.130. The Morgan fingerprint density at radius 2 is 1.70 bits per heavy atom. The maximum atomic E-state index is 12.1. The van der Waals surface area contributed by atoms with Gasteiger partial charge in [-0.3, -0.25) is 9.59 Å². The van der Waals surface area contributed by atoms with E-state index in [1.165, 1.54) is 31.2 Å². The SMILES string of the molecule is CC(=O)C(CC(C)C)C(=O)Nc1ccc(C(=O)O)cc1. The van der Waals surface area contributed by atoms with E-state index in [-0.39, 0.29) is 23.2 Å². The highest BCUT2D eigenvalue weighted by Gasteiger charge is 2.24. The van der Waals surface area contributed by atoms with Crippen molar-refractivity contribution in [3.8, 4) is 0 Å². The van der Waals surface area contributed by atoms with Gasteiger partial charge in [0.2, 0.25) is 5.91 Å². The second-order valence-electron chi connectivity index (χ2n) is 5.16. The van der Waals surface area contributed by atoms with Gasteiger partial charge in [0.05, 0.1) is 11.5 Å². The first-order chi connectivity index (χ1) is 9.31. The number of carbonyl (C=O) groups excluding carboxylic acids is 2. The smallest absolute Gasteiger partial charge is 0.335 e. The molecule has 1 atom stereocenters. The molecule has 0 aliphatic carbocycles. The summed E-state index contributed by atoms with van der Waals surface area (Å²) in [6.07, 6.45) is 0.494. The Morgan fingerprint density at radius 3 is 2.10 bits per heavy atom. The van der Waals surface area contributed by atoms with Crippen LogP contribution in [-0.2, 0) is 9.59 Å². The molecule has 1 rings (SSSR count). The number of amides is 1. The first kappa shape index (κ1) is 15.9. The van der Waals surface area contributed by atoms with E-state index >= 15 is 0 Å². The number of ketones is 1. The van der Waals surface area contributed by atoms with Gasteiger partial charge < -0.3 is 10.4 Å². The average molecular weight is 277 g/mol. The number of aromatic carboxylic acids is 1. The molecule has 0 heterocycles. The molecule has 0 radical (unpaired) electrons. The summed E-state index contributed by atoms with van der Waals surface area (Å²) in [7, 11) is 0. The van der Waals surface area contributed by atoms with Crippen molar-refractivity contribution in [1.29, 1.82) is 0 Å². The molecule has 0 aromatic heterocycles. The van der Waals surface area contributed by atoms with E-state index in [0.29, 0.717) is 12.1 Å². The van der Waals surface area contributed by atoms with Gasteiger partial charge in [-0.05, 0) is 43.5 Å². The Labute approximate surface area is 118 Å². The maximum Gasteiger partial charge on any atom is 0.335 e. The molecule has 0 saturated carbocycles. The number of hydrogen-bond acceptors (Lipinski definition) is 3. The molecule has 1 aromatic rings. The summed E-state index contributed by atoms with van der Waals surface area (Å²) >= 11 is 0. The Kier molecular flexibility index (Phi) is 5.43. The van der Waals surface area contributed by atoms with E-state index in [1.54, 1.807) is 0 Å². The predicted octanol–water partition coefficient (Wildman–Crippen LogP) is 2.57. The molecular weight excluding hydrogens is 258 g/mol. The van der Waals surface area contributed by atoms with Crippen LogP contribution in [0.2, 0.25) is 0 Å². The third-order valence-electron chi connectivity index (χ3n) is 2.91. The number of carboxylic acid groups (broad SMARTS) is 1. The van der Waals surface area contributed by atoms with Crippen LogP contribution in [0.25, 0.3) is 0 Å². The monoisotopic (exact) mass is 277 g/mol. The average Bonchev–Trinajstić information content (AvgIpc) is 2.35.